The van der Waals surface area contributed by atoms with Gasteiger partial charge in [0.05, 0.1) is 29.1 Å². The van der Waals surface area contributed by atoms with Gasteiger partial charge in [-0.3, -0.25) is 4.98 Å². The fourth-order valence-electron chi connectivity index (χ4n) is 3.36. The van der Waals surface area contributed by atoms with E-state index in [0.29, 0.717) is 0 Å². The van der Waals surface area contributed by atoms with E-state index in [1.165, 1.54) is 16.7 Å². The molecule has 0 N–H and O–H groups in total. The van der Waals surface area contributed by atoms with Crippen molar-refractivity contribution in [3.63, 3.8) is 0 Å². The molecule has 2 aromatic carbocycles. The van der Waals surface area contributed by atoms with Crippen molar-refractivity contribution in [3.8, 4) is 11.3 Å². The van der Waals surface area contributed by atoms with E-state index >= 15 is 0 Å². The van der Waals surface area contributed by atoms with Gasteiger partial charge >= 0.3 is 0 Å². The Morgan fingerprint density at radius 1 is 1.00 bits per heavy atom. The summed E-state index contributed by atoms with van der Waals surface area (Å²) in [7, 11) is 0. The second-order valence-corrected chi connectivity index (χ2v) is 7.11. The van der Waals surface area contributed by atoms with Crippen LogP contribution in [0.2, 0.25) is 0 Å². The monoisotopic (exact) mass is 391 g/mol. The molecule has 25 heavy (non-hydrogen) atoms. The van der Waals surface area contributed by atoms with Crippen LogP contribution in [0.4, 0.5) is 0 Å². The average Bonchev–Trinajstić information content (AvgIpc) is 3.05. The van der Waals surface area contributed by atoms with E-state index in [2.05, 4.69) is 74.6 Å². The lowest BCUT2D eigenvalue weighted by Gasteiger charge is -2.19. The van der Waals surface area contributed by atoms with Crippen molar-refractivity contribution < 1.29 is 0 Å². The second kappa shape index (κ2) is 6.45. The molecule has 2 heterocycles. The Hall–Kier alpha value is -2.46. The van der Waals surface area contributed by atoms with E-state index in [4.69, 9.17) is 0 Å². The minimum Gasteiger partial charge on any atom is -0.323 e. The van der Waals surface area contributed by atoms with Gasteiger partial charge in [0.2, 0.25) is 0 Å². The zero-order valence-corrected chi connectivity index (χ0v) is 15.7. The summed E-state index contributed by atoms with van der Waals surface area (Å²) in [5, 5.41) is 0. The van der Waals surface area contributed by atoms with Crippen molar-refractivity contribution in [2.24, 2.45) is 0 Å². The Bertz CT molecular complexity index is 1040. The summed E-state index contributed by atoms with van der Waals surface area (Å²) in [4.78, 5) is 9.06. The van der Waals surface area contributed by atoms with Crippen molar-refractivity contribution in [1.82, 2.24) is 14.5 Å². The number of aromatic nitrogens is 3. The lowest BCUT2D eigenvalue weighted by Crippen LogP contribution is -2.08. The van der Waals surface area contributed by atoms with E-state index < -0.39 is 0 Å². The van der Waals surface area contributed by atoms with Gasteiger partial charge in [0.25, 0.3) is 0 Å². The third-order valence-corrected chi connectivity index (χ3v) is 5.21. The molecule has 3 nitrogen and oxygen atoms in total. The lowest BCUT2D eigenvalue weighted by atomic mass is 9.95. The molecule has 0 saturated heterocycles. The molecule has 0 amide bonds. The van der Waals surface area contributed by atoms with Gasteiger partial charge in [-0.15, -0.1) is 0 Å². The Balaban J connectivity index is 1.83. The second-order valence-electron chi connectivity index (χ2n) is 6.20. The molecule has 4 heteroatoms. The summed E-state index contributed by atoms with van der Waals surface area (Å²) in [6.45, 7) is 4.39. The minimum absolute atomic E-state index is 0.183. The summed E-state index contributed by atoms with van der Waals surface area (Å²) < 4.78 is 3.29. The topological polar surface area (TPSA) is 30.7 Å². The van der Waals surface area contributed by atoms with Crippen LogP contribution in [-0.4, -0.2) is 14.5 Å². The van der Waals surface area contributed by atoms with Crippen molar-refractivity contribution in [2.45, 2.75) is 19.9 Å². The molecular formula is C21H18BrN3. The Morgan fingerprint density at radius 2 is 1.88 bits per heavy atom. The third kappa shape index (κ3) is 2.87. The predicted molar refractivity (Wildman–Crippen MR) is 106 cm³/mol. The Kier molecular flexibility index (Phi) is 4.14. The highest BCUT2D eigenvalue weighted by Crippen LogP contribution is 2.31. The summed E-state index contributed by atoms with van der Waals surface area (Å²) in [5.74, 6) is 0. The van der Waals surface area contributed by atoms with Crippen LogP contribution in [0.3, 0.4) is 0 Å². The summed E-state index contributed by atoms with van der Waals surface area (Å²) in [6.07, 6.45) is 3.76. The summed E-state index contributed by atoms with van der Waals surface area (Å²) >= 11 is 3.56. The van der Waals surface area contributed by atoms with E-state index in [9.17, 15) is 0 Å². The van der Waals surface area contributed by atoms with E-state index in [-0.39, 0.29) is 6.04 Å². The number of pyridine rings is 1. The smallest absolute Gasteiger partial charge is 0.0964 e. The molecule has 0 aliphatic carbocycles. The quantitative estimate of drug-likeness (QED) is 0.443. The predicted octanol–water partition coefficient (Wildman–Crippen LogP) is 5.78. The molecule has 0 saturated carbocycles. The first-order valence-electron chi connectivity index (χ1n) is 8.28. The number of nitrogens with zero attached hydrogens (tertiary/aromatic N) is 3. The Labute approximate surface area is 155 Å². The van der Waals surface area contributed by atoms with Crippen molar-refractivity contribution in [3.05, 3.63) is 82.7 Å². The normalized spacial score (nSPS) is 12.4. The van der Waals surface area contributed by atoms with Gasteiger partial charge in [-0.1, -0.05) is 40.2 Å². The molecule has 0 aliphatic heterocycles. The first-order chi connectivity index (χ1) is 12.1. The van der Waals surface area contributed by atoms with Crippen molar-refractivity contribution in [1.29, 1.82) is 0 Å². The maximum absolute atomic E-state index is 4.55. The number of hydrogen-bond acceptors (Lipinski definition) is 2. The van der Waals surface area contributed by atoms with E-state index in [1.807, 2.05) is 36.8 Å². The number of imidazole rings is 1. The minimum atomic E-state index is 0.183. The third-order valence-electron chi connectivity index (χ3n) is 4.72. The molecule has 0 bridgehead atoms. The first kappa shape index (κ1) is 16.0. The molecule has 1 atom stereocenters. The number of fused-ring (bicyclic) bond motifs is 1. The van der Waals surface area contributed by atoms with Crippen LogP contribution < -0.4 is 0 Å². The van der Waals surface area contributed by atoms with Crippen LogP contribution >= 0.6 is 15.9 Å². The fourth-order valence-corrected chi connectivity index (χ4v) is 3.71. The fraction of sp³-hybridized carbons (Fsp3) is 0.143. The van der Waals surface area contributed by atoms with Gasteiger partial charge in [0.15, 0.2) is 0 Å². The van der Waals surface area contributed by atoms with Crippen molar-refractivity contribution in [2.75, 3.05) is 0 Å². The maximum Gasteiger partial charge on any atom is 0.0964 e. The highest BCUT2D eigenvalue weighted by atomic mass is 79.9. The van der Waals surface area contributed by atoms with Gasteiger partial charge in [0.1, 0.15) is 0 Å². The van der Waals surface area contributed by atoms with E-state index in [0.717, 1.165) is 21.2 Å². The Morgan fingerprint density at radius 3 is 2.68 bits per heavy atom. The van der Waals surface area contributed by atoms with E-state index in [1.54, 1.807) is 0 Å². The molecule has 4 aromatic rings. The van der Waals surface area contributed by atoms with Crippen LogP contribution in [-0.2, 0) is 0 Å². The zero-order valence-electron chi connectivity index (χ0n) is 14.1. The van der Waals surface area contributed by atoms with Gasteiger partial charge < -0.3 is 4.57 Å². The van der Waals surface area contributed by atoms with Crippen LogP contribution in [0.25, 0.3) is 22.3 Å². The van der Waals surface area contributed by atoms with Gasteiger partial charge in [-0.2, -0.15) is 0 Å². The molecule has 0 unspecified atom stereocenters. The lowest BCUT2D eigenvalue weighted by molar-refractivity contribution is 0.654. The van der Waals surface area contributed by atoms with Crippen molar-refractivity contribution >= 4 is 27.0 Å². The maximum atomic E-state index is 4.55. The number of hydrogen-bond donors (Lipinski definition) is 0. The van der Waals surface area contributed by atoms with Crippen LogP contribution in [0.15, 0.2) is 71.6 Å². The molecule has 0 radical (unpaired) electrons. The molecule has 0 spiro atoms. The van der Waals surface area contributed by atoms with Gasteiger partial charge in [-0.25, -0.2) is 4.98 Å². The number of benzene rings is 2. The molecule has 0 aliphatic rings. The van der Waals surface area contributed by atoms with Crippen LogP contribution in [0.1, 0.15) is 24.1 Å². The largest absolute Gasteiger partial charge is 0.323 e. The molecule has 2 aromatic heterocycles. The zero-order chi connectivity index (χ0) is 17.4. The number of halogens is 1. The average molecular weight is 392 g/mol. The molecule has 0 fully saturated rings. The van der Waals surface area contributed by atoms with Crippen LogP contribution in [0.5, 0.6) is 0 Å². The highest BCUT2D eigenvalue weighted by molar-refractivity contribution is 9.10. The number of rotatable bonds is 3. The highest BCUT2D eigenvalue weighted by Gasteiger charge is 2.16. The summed E-state index contributed by atoms with van der Waals surface area (Å²) in [5.41, 5.74) is 6.86. The summed E-state index contributed by atoms with van der Waals surface area (Å²) in [6, 6.07) is 18.8. The standard InChI is InChI=1S/C21H18BrN3/c1-14-17(6-5-7-18(14)19-8-3-4-11-23-19)15(2)25-13-24-20-10-9-16(22)12-21(20)25/h3-13,15H,1-2H3/t15-/m1/s1. The first-order valence-corrected chi connectivity index (χ1v) is 9.07. The van der Waals surface area contributed by atoms with Gasteiger partial charge in [0, 0.05) is 16.2 Å². The van der Waals surface area contributed by atoms with Crippen LogP contribution in [0, 0.1) is 6.92 Å². The SMILES string of the molecule is Cc1c(-c2ccccn2)cccc1[C@@H](C)n1cnc2ccc(Br)cc21. The molecule has 124 valence electrons. The molecular weight excluding hydrogens is 374 g/mol. The molecule has 4 rings (SSSR count). The van der Waals surface area contributed by atoms with Gasteiger partial charge in [-0.05, 0) is 55.3 Å².